The van der Waals surface area contributed by atoms with Crippen LogP contribution in [-0.4, -0.2) is 51.3 Å². The van der Waals surface area contributed by atoms with Crippen molar-refractivity contribution in [3.63, 3.8) is 0 Å². The first-order chi connectivity index (χ1) is 12.1. The van der Waals surface area contributed by atoms with Gasteiger partial charge in [-0.3, -0.25) is 9.79 Å². The van der Waals surface area contributed by atoms with Gasteiger partial charge in [-0.2, -0.15) is 0 Å². The number of hydrogen-bond acceptors (Lipinski definition) is 4. The van der Waals surface area contributed by atoms with E-state index in [1.807, 2.05) is 24.4 Å². The Bertz CT molecular complexity index is 509. The second-order valence-corrected chi connectivity index (χ2v) is 6.99. The lowest BCUT2D eigenvalue weighted by Crippen LogP contribution is -2.40. The second-order valence-electron chi connectivity index (χ2n) is 6.04. The van der Waals surface area contributed by atoms with Gasteiger partial charge in [-0.25, -0.2) is 0 Å². The van der Waals surface area contributed by atoms with Crippen LogP contribution in [0.4, 0.5) is 0 Å². The molecule has 1 aromatic heterocycles. The third-order valence-electron chi connectivity index (χ3n) is 3.75. The maximum Gasteiger partial charge on any atom is 0.261 e. The molecule has 1 heterocycles. The molecule has 0 radical (unpaired) electrons. The first-order valence-corrected chi connectivity index (χ1v) is 9.84. The van der Waals surface area contributed by atoms with Crippen LogP contribution < -0.4 is 16.0 Å². The molecule has 0 aliphatic carbocycles. The summed E-state index contributed by atoms with van der Waals surface area (Å²) < 4.78 is 5.75. The molecule has 1 amide bonds. The average Bonchev–Trinajstić information content (AvgIpc) is 3.13. The zero-order valence-electron chi connectivity index (χ0n) is 16.2. The minimum atomic E-state index is -0.00633. The summed E-state index contributed by atoms with van der Waals surface area (Å²) >= 11 is 1.45. The molecule has 0 bridgehead atoms. The van der Waals surface area contributed by atoms with Gasteiger partial charge in [-0.05, 0) is 37.1 Å². The van der Waals surface area contributed by atoms with Crippen LogP contribution in [0.1, 0.15) is 43.3 Å². The number of nitrogens with one attached hydrogen (secondary N) is 3. The average molecular weight is 496 g/mol. The van der Waals surface area contributed by atoms with Crippen molar-refractivity contribution < 1.29 is 9.53 Å². The molecule has 1 aromatic rings. The molecule has 0 spiro atoms. The Labute approximate surface area is 178 Å². The van der Waals surface area contributed by atoms with Gasteiger partial charge in [-0.1, -0.05) is 19.9 Å². The molecule has 0 aliphatic rings. The maximum atomic E-state index is 11.8. The highest BCUT2D eigenvalue weighted by Crippen LogP contribution is 2.10. The van der Waals surface area contributed by atoms with Gasteiger partial charge in [0, 0.05) is 33.3 Å². The molecule has 0 aromatic carbocycles. The Balaban J connectivity index is 0.00000625. The van der Waals surface area contributed by atoms with Crippen molar-refractivity contribution in [2.45, 2.75) is 39.7 Å². The smallest absolute Gasteiger partial charge is 0.261 e. The van der Waals surface area contributed by atoms with Crippen LogP contribution in [0.2, 0.25) is 0 Å². The van der Waals surface area contributed by atoms with Crippen LogP contribution in [0.5, 0.6) is 0 Å². The quantitative estimate of drug-likeness (QED) is 0.191. The van der Waals surface area contributed by atoms with E-state index in [1.54, 1.807) is 7.05 Å². The molecular formula is C18H33IN4O2S. The van der Waals surface area contributed by atoms with E-state index in [0.717, 1.165) is 43.4 Å². The predicted molar refractivity (Wildman–Crippen MR) is 121 cm³/mol. The fourth-order valence-corrected chi connectivity index (χ4v) is 3.01. The highest BCUT2D eigenvalue weighted by Gasteiger charge is 2.12. The number of carbonyl (C=O) groups is 1. The Morgan fingerprint density at radius 2 is 1.92 bits per heavy atom. The summed E-state index contributed by atoms with van der Waals surface area (Å²) in [7, 11) is 1.76. The van der Waals surface area contributed by atoms with E-state index in [1.165, 1.54) is 11.3 Å². The zero-order valence-corrected chi connectivity index (χ0v) is 19.4. The first kappa shape index (κ1) is 25.1. The van der Waals surface area contributed by atoms with E-state index in [-0.39, 0.29) is 36.0 Å². The lowest BCUT2D eigenvalue weighted by atomic mass is 10.0. The van der Waals surface area contributed by atoms with Crippen LogP contribution >= 0.6 is 35.3 Å². The number of nitrogens with zero attached hydrogens (tertiary/aromatic N) is 1. The molecule has 0 aliphatic heterocycles. The van der Waals surface area contributed by atoms with Gasteiger partial charge in [0.2, 0.25) is 0 Å². The van der Waals surface area contributed by atoms with E-state index in [9.17, 15) is 4.79 Å². The van der Waals surface area contributed by atoms with Crippen LogP contribution in [0.15, 0.2) is 22.5 Å². The van der Waals surface area contributed by atoms with Crippen molar-refractivity contribution in [1.29, 1.82) is 0 Å². The molecule has 26 heavy (non-hydrogen) atoms. The van der Waals surface area contributed by atoms with Crippen molar-refractivity contribution in [3.05, 3.63) is 22.4 Å². The summed E-state index contributed by atoms with van der Waals surface area (Å²) in [4.78, 5) is 16.8. The first-order valence-electron chi connectivity index (χ1n) is 8.96. The lowest BCUT2D eigenvalue weighted by Gasteiger charge is -2.21. The van der Waals surface area contributed by atoms with E-state index in [4.69, 9.17) is 4.74 Å². The van der Waals surface area contributed by atoms with Crippen LogP contribution in [0.3, 0.4) is 0 Å². The molecule has 0 saturated carbocycles. The predicted octanol–water partition coefficient (Wildman–Crippen LogP) is 3.10. The van der Waals surface area contributed by atoms with Crippen molar-refractivity contribution in [3.8, 4) is 0 Å². The standard InChI is InChI=1S/C18H32N4O2S.HI/c1-5-24-15(14(2)3)9-12-22-18(19-4)21-11-7-10-20-17(23)16-8-6-13-25-16;/h6,8,13-15H,5,7,9-12H2,1-4H3,(H,20,23)(H2,19,21,22);1H. The van der Waals surface area contributed by atoms with Gasteiger partial charge < -0.3 is 20.7 Å². The Kier molecular flexibility index (Phi) is 14.7. The number of amides is 1. The van der Waals surface area contributed by atoms with Crippen molar-refractivity contribution in [2.24, 2.45) is 10.9 Å². The highest BCUT2D eigenvalue weighted by atomic mass is 127. The number of aliphatic imine (C=N–C) groups is 1. The zero-order chi connectivity index (χ0) is 18.5. The second kappa shape index (κ2) is 15.2. The van der Waals surface area contributed by atoms with Crippen molar-refractivity contribution >= 4 is 47.2 Å². The van der Waals surface area contributed by atoms with Gasteiger partial charge in [0.1, 0.15) is 0 Å². The molecule has 0 fully saturated rings. The normalized spacial score (nSPS) is 12.4. The van der Waals surface area contributed by atoms with Crippen LogP contribution in [0, 0.1) is 5.92 Å². The third-order valence-corrected chi connectivity index (χ3v) is 4.61. The molecule has 150 valence electrons. The van der Waals surface area contributed by atoms with E-state index < -0.39 is 0 Å². The van der Waals surface area contributed by atoms with Gasteiger partial charge in [0.15, 0.2) is 5.96 Å². The summed E-state index contributed by atoms with van der Waals surface area (Å²) in [5, 5.41) is 11.4. The minimum Gasteiger partial charge on any atom is -0.378 e. The molecule has 1 rings (SSSR count). The number of thiophene rings is 1. The van der Waals surface area contributed by atoms with E-state index in [2.05, 4.69) is 34.8 Å². The Hall–Kier alpha value is -0.870. The van der Waals surface area contributed by atoms with Gasteiger partial charge in [-0.15, -0.1) is 35.3 Å². The molecule has 1 atom stereocenters. The summed E-state index contributed by atoms with van der Waals surface area (Å²) in [5.74, 6) is 1.28. The molecule has 1 unspecified atom stereocenters. The van der Waals surface area contributed by atoms with Crippen molar-refractivity contribution in [1.82, 2.24) is 16.0 Å². The van der Waals surface area contributed by atoms with Gasteiger partial charge in [0.25, 0.3) is 5.91 Å². The number of guanidine groups is 1. The monoisotopic (exact) mass is 496 g/mol. The number of rotatable bonds is 11. The topological polar surface area (TPSA) is 74.8 Å². The summed E-state index contributed by atoms with van der Waals surface area (Å²) in [6, 6.07) is 3.71. The fourth-order valence-electron chi connectivity index (χ4n) is 2.37. The van der Waals surface area contributed by atoms with Crippen LogP contribution in [-0.2, 0) is 4.74 Å². The fraction of sp³-hybridized carbons (Fsp3) is 0.667. The molecule has 8 heteroatoms. The molecule has 3 N–H and O–H groups in total. The Morgan fingerprint density at radius 3 is 2.50 bits per heavy atom. The van der Waals surface area contributed by atoms with E-state index in [0.29, 0.717) is 12.5 Å². The van der Waals surface area contributed by atoms with Crippen LogP contribution in [0.25, 0.3) is 0 Å². The van der Waals surface area contributed by atoms with Gasteiger partial charge in [0.05, 0.1) is 11.0 Å². The maximum absolute atomic E-state index is 11.8. The number of hydrogen-bond donors (Lipinski definition) is 3. The summed E-state index contributed by atoms with van der Waals surface area (Å²) in [5.41, 5.74) is 0. The lowest BCUT2D eigenvalue weighted by molar-refractivity contribution is 0.0258. The highest BCUT2D eigenvalue weighted by molar-refractivity contribution is 14.0. The summed E-state index contributed by atoms with van der Waals surface area (Å²) in [6.07, 6.45) is 2.05. The van der Waals surface area contributed by atoms with Crippen molar-refractivity contribution in [2.75, 3.05) is 33.3 Å². The number of ether oxygens (including phenoxy) is 1. The molecule has 6 nitrogen and oxygen atoms in total. The molecular weight excluding hydrogens is 463 g/mol. The minimum absolute atomic E-state index is 0. The molecule has 0 saturated heterocycles. The largest absolute Gasteiger partial charge is 0.378 e. The number of halogens is 1. The number of carbonyl (C=O) groups excluding carboxylic acids is 1. The van der Waals surface area contributed by atoms with E-state index >= 15 is 0 Å². The Morgan fingerprint density at radius 1 is 1.23 bits per heavy atom. The van der Waals surface area contributed by atoms with Gasteiger partial charge >= 0.3 is 0 Å². The summed E-state index contributed by atoms with van der Waals surface area (Å²) in [6.45, 7) is 9.34. The third kappa shape index (κ3) is 10.3. The SMILES string of the molecule is CCOC(CCNC(=NC)NCCCNC(=O)c1cccs1)C(C)C.I.